The quantitative estimate of drug-likeness (QED) is 0.555. The lowest BCUT2D eigenvalue weighted by molar-refractivity contribution is -0.131. The lowest BCUT2D eigenvalue weighted by atomic mass is 10.0. The molecule has 30 heavy (non-hydrogen) atoms. The van der Waals surface area contributed by atoms with E-state index in [2.05, 4.69) is 15.2 Å². The van der Waals surface area contributed by atoms with Crippen molar-refractivity contribution >= 4 is 27.7 Å². The van der Waals surface area contributed by atoms with Crippen LogP contribution in [-0.4, -0.2) is 51.1 Å². The molecule has 1 unspecified atom stereocenters. The van der Waals surface area contributed by atoms with E-state index in [0.717, 1.165) is 16.3 Å². The van der Waals surface area contributed by atoms with Crippen molar-refractivity contribution in [1.29, 1.82) is 0 Å². The van der Waals surface area contributed by atoms with E-state index in [1.165, 1.54) is 4.90 Å². The number of ether oxygens (including phenoxy) is 1. The molecule has 6 nitrogen and oxygen atoms in total. The summed E-state index contributed by atoms with van der Waals surface area (Å²) in [4.78, 5) is 18.6. The van der Waals surface area contributed by atoms with E-state index in [1.807, 2.05) is 18.2 Å². The van der Waals surface area contributed by atoms with Crippen molar-refractivity contribution in [1.82, 2.24) is 20.1 Å². The number of para-hydroxylation sites is 1. The van der Waals surface area contributed by atoms with Crippen LogP contribution in [0.25, 0.3) is 21.8 Å². The van der Waals surface area contributed by atoms with Gasteiger partial charge in [-0.25, -0.2) is 13.8 Å². The number of alkyl halides is 2. The zero-order valence-electron chi connectivity index (χ0n) is 15.9. The summed E-state index contributed by atoms with van der Waals surface area (Å²) in [6, 6.07) is 15.9. The van der Waals surface area contributed by atoms with Gasteiger partial charge < -0.3 is 9.64 Å². The predicted molar refractivity (Wildman–Crippen MR) is 108 cm³/mol. The van der Waals surface area contributed by atoms with Crippen LogP contribution in [0, 0.1) is 0 Å². The van der Waals surface area contributed by atoms with Crippen LogP contribution >= 0.6 is 0 Å². The van der Waals surface area contributed by atoms with Gasteiger partial charge in [-0.05, 0) is 24.3 Å². The lowest BCUT2D eigenvalue weighted by Crippen LogP contribution is -2.55. The molecule has 2 aromatic carbocycles. The predicted octanol–water partition coefficient (Wildman–Crippen LogP) is 4.04. The zero-order chi connectivity index (χ0) is 20.7. The number of likely N-dealkylation sites (tertiary alicyclic amines) is 1. The zero-order valence-corrected chi connectivity index (χ0v) is 15.9. The van der Waals surface area contributed by atoms with Gasteiger partial charge in [-0.2, -0.15) is 5.10 Å². The van der Waals surface area contributed by atoms with Gasteiger partial charge in [0, 0.05) is 35.4 Å². The van der Waals surface area contributed by atoms with Crippen LogP contribution in [0.3, 0.4) is 0 Å². The molecule has 1 N–H and O–H groups in total. The third kappa shape index (κ3) is 3.34. The normalized spacial score (nSPS) is 18.6. The number of amides is 1. The molecule has 3 heterocycles. The average Bonchev–Trinajstić information content (AvgIpc) is 3.22. The van der Waals surface area contributed by atoms with Gasteiger partial charge in [-0.3, -0.25) is 9.89 Å². The minimum atomic E-state index is -3.06. The summed E-state index contributed by atoms with van der Waals surface area (Å²) in [5.41, 5.74) is 1.80. The Hall–Kier alpha value is -3.55. The first-order valence-corrected chi connectivity index (χ1v) is 9.62. The molecule has 4 aromatic rings. The number of nitrogens with one attached hydrogen (secondary N) is 1. The minimum Gasteiger partial charge on any atom is -0.466 e. The molecular formula is C22H18F2N4O2. The Bertz CT molecular complexity index is 1240. The molecule has 1 amide bonds. The standard InChI is InChI=1S/C22H18F2N4O2/c23-22(24)9-10-28(21(29)15-5-6-16-12-25-27-18(16)11-15)13-19(22)30-20-8-7-14-3-1-2-4-17(14)26-20/h1-8,11-12,19H,9-10,13H2,(H,25,27). The summed E-state index contributed by atoms with van der Waals surface area (Å²) < 4.78 is 34.7. The number of fused-ring (bicyclic) bond motifs is 2. The first kappa shape index (κ1) is 18.5. The van der Waals surface area contributed by atoms with Gasteiger partial charge in [0.15, 0.2) is 6.10 Å². The van der Waals surface area contributed by atoms with Crippen LogP contribution in [0.2, 0.25) is 0 Å². The second kappa shape index (κ2) is 7.05. The molecule has 1 fully saturated rings. The second-order valence-corrected chi connectivity index (χ2v) is 7.38. The number of benzene rings is 2. The number of carbonyl (C=O) groups is 1. The molecule has 5 rings (SSSR count). The van der Waals surface area contributed by atoms with E-state index in [4.69, 9.17) is 4.74 Å². The largest absolute Gasteiger partial charge is 0.466 e. The summed E-state index contributed by atoms with van der Waals surface area (Å²) in [5, 5.41) is 8.52. The van der Waals surface area contributed by atoms with Crippen LogP contribution < -0.4 is 4.74 Å². The highest BCUT2D eigenvalue weighted by molar-refractivity contribution is 5.97. The topological polar surface area (TPSA) is 71.1 Å². The van der Waals surface area contributed by atoms with Crippen LogP contribution in [0.15, 0.2) is 60.8 Å². The molecular weight excluding hydrogens is 390 g/mol. The van der Waals surface area contributed by atoms with Gasteiger partial charge in [-0.15, -0.1) is 0 Å². The van der Waals surface area contributed by atoms with Crippen LogP contribution in [-0.2, 0) is 0 Å². The third-order valence-electron chi connectivity index (χ3n) is 5.38. The Morgan fingerprint density at radius 3 is 2.87 bits per heavy atom. The number of halogens is 2. The molecule has 2 aromatic heterocycles. The molecule has 1 aliphatic heterocycles. The highest BCUT2D eigenvalue weighted by Crippen LogP contribution is 2.32. The fourth-order valence-electron chi connectivity index (χ4n) is 3.69. The summed E-state index contributed by atoms with van der Waals surface area (Å²) >= 11 is 0. The number of H-pyrrole nitrogens is 1. The van der Waals surface area contributed by atoms with E-state index in [1.54, 1.807) is 42.6 Å². The maximum atomic E-state index is 14.6. The Morgan fingerprint density at radius 2 is 1.97 bits per heavy atom. The monoisotopic (exact) mass is 408 g/mol. The molecule has 0 saturated carbocycles. The van der Waals surface area contributed by atoms with E-state index in [9.17, 15) is 13.6 Å². The van der Waals surface area contributed by atoms with Crippen LogP contribution in [0.1, 0.15) is 16.8 Å². The van der Waals surface area contributed by atoms with Gasteiger partial charge in [0.05, 0.1) is 23.8 Å². The number of nitrogens with zero attached hydrogens (tertiary/aromatic N) is 3. The molecule has 0 spiro atoms. The smallest absolute Gasteiger partial charge is 0.287 e. The second-order valence-electron chi connectivity index (χ2n) is 7.38. The lowest BCUT2D eigenvalue weighted by Gasteiger charge is -2.38. The number of pyridine rings is 1. The number of piperidine rings is 1. The van der Waals surface area contributed by atoms with Crippen molar-refractivity contribution < 1.29 is 18.3 Å². The molecule has 0 radical (unpaired) electrons. The summed E-state index contributed by atoms with van der Waals surface area (Å²) in [5.74, 6) is -3.26. The van der Waals surface area contributed by atoms with Crippen molar-refractivity contribution in [2.24, 2.45) is 0 Å². The van der Waals surface area contributed by atoms with E-state index in [0.29, 0.717) is 11.1 Å². The van der Waals surface area contributed by atoms with E-state index < -0.39 is 18.4 Å². The molecule has 152 valence electrons. The first-order chi connectivity index (χ1) is 14.5. The first-order valence-electron chi connectivity index (χ1n) is 9.62. The molecule has 0 aliphatic carbocycles. The number of carbonyl (C=O) groups excluding carboxylic acids is 1. The molecule has 0 bridgehead atoms. The third-order valence-corrected chi connectivity index (χ3v) is 5.38. The summed E-state index contributed by atoms with van der Waals surface area (Å²) in [7, 11) is 0. The molecule has 1 saturated heterocycles. The Morgan fingerprint density at radius 1 is 1.13 bits per heavy atom. The fourth-order valence-corrected chi connectivity index (χ4v) is 3.69. The van der Waals surface area contributed by atoms with Crippen molar-refractivity contribution in [2.45, 2.75) is 18.4 Å². The number of hydrogen-bond acceptors (Lipinski definition) is 4. The van der Waals surface area contributed by atoms with Crippen molar-refractivity contribution in [3.8, 4) is 5.88 Å². The maximum absolute atomic E-state index is 14.6. The van der Waals surface area contributed by atoms with Gasteiger partial charge in [0.25, 0.3) is 11.8 Å². The number of aromatic amines is 1. The highest BCUT2D eigenvalue weighted by atomic mass is 19.3. The van der Waals surface area contributed by atoms with Crippen LogP contribution in [0.5, 0.6) is 5.88 Å². The number of rotatable bonds is 3. The highest BCUT2D eigenvalue weighted by Gasteiger charge is 2.47. The van der Waals surface area contributed by atoms with Crippen LogP contribution in [0.4, 0.5) is 8.78 Å². The van der Waals surface area contributed by atoms with Crippen molar-refractivity contribution in [3.05, 3.63) is 66.4 Å². The van der Waals surface area contributed by atoms with E-state index in [-0.39, 0.29) is 24.9 Å². The SMILES string of the molecule is O=C(c1ccc2cn[nH]c2c1)N1CCC(F)(F)C(Oc2ccc3ccccc3n2)C1. The fraction of sp³-hybridized carbons (Fsp3) is 0.227. The Balaban J connectivity index is 1.37. The Kier molecular flexibility index (Phi) is 4.34. The average molecular weight is 408 g/mol. The number of hydrogen-bond donors (Lipinski definition) is 1. The molecule has 1 atom stereocenters. The summed E-state index contributed by atoms with van der Waals surface area (Å²) in [6.45, 7) is -0.265. The van der Waals surface area contributed by atoms with Crippen molar-refractivity contribution in [2.75, 3.05) is 13.1 Å². The van der Waals surface area contributed by atoms with Gasteiger partial charge in [0.2, 0.25) is 5.88 Å². The van der Waals surface area contributed by atoms with Gasteiger partial charge >= 0.3 is 0 Å². The Labute approximate surface area is 170 Å². The van der Waals surface area contributed by atoms with Gasteiger partial charge in [0.1, 0.15) is 0 Å². The van der Waals surface area contributed by atoms with E-state index >= 15 is 0 Å². The van der Waals surface area contributed by atoms with Crippen molar-refractivity contribution in [3.63, 3.8) is 0 Å². The maximum Gasteiger partial charge on any atom is 0.287 e. The van der Waals surface area contributed by atoms with Gasteiger partial charge in [-0.1, -0.05) is 24.3 Å². The number of aromatic nitrogens is 3. The molecule has 1 aliphatic rings. The minimum absolute atomic E-state index is 0.0438. The summed E-state index contributed by atoms with van der Waals surface area (Å²) in [6.07, 6.45) is -0.283. The molecule has 8 heteroatoms.